The van der Waals surface area contributed by atoms with Gasteiger partial charge in [-0.15, -0.1) is 0 Å². The summed E-state index contributed by atoms with van der Waals surface area (Å²) in [6.45, 7) is 0. The fourth-order valence-electron chi connectivity index (χ4n) is 8.43. The molecular formula is C53H34N4. The molecule has 57 heavy (non-hydrogen) atoms. The van der Waals surface area contributed by atoms with Crippen LogP contribution in [0.3, 0.4) is 0 Å². The molecule has 0 aliphatic rings. The molecule has 4 nitrogen and oxygen atoms in total. The van der Waals surface area contributed by atoms with Crippen molar-refractivity contribution in [2.45, 2.75) is 0 Å². The van der Waals surface area contributed by atoms with Gasteiger partial charge >= 0.3 is 0 Å². The number of nitrogens with zero attached hydrogens (tertiary/aromatic N) is 4. The van der Waals surface area contributed by atoms with Crippen molar-refractivity contribution in [3.8, 4) is 62.1 Å². The lowest BCUT2D eigenvalue weighted by Crippen LogP contribution is -2.04. The normalized spacial score (nSPS) is 11.5. The van der Waals surface area contributed by atoms with E-state index in [-0.39, 0.29) is 0 Å². The third kappa shape index (κ3) is 5.58. The minimum atomic E-state index is 0.609. The molecule has 0 amide bonds. The number of para-hydroxylation sites is 2. The van der Waals surface area contributed by atoms with Crippen LogP contribution < -0.4 is 0 Å². The zero-order chi connectivity index (χ0) is 37.7. The van der Waals surface area contributed by atoms with E-state index in [0.717, 1.165) is 55.3 Å². The predicted molar refractivity (Wildman–Crippen MR) is 236 cm³/mol. The highest BCUT2D eigenvalue weighted by Crippen LogP contribution is 2.40. The topological polar surface area (TPSA) is 43.6 Å². The van der Waals surface area contributed by atoms with E-state index in [1.165, 1.54) is 32.7 Å². The Morgan fingerprint density at radius 3 is 1.46 bits per heavy atom. The molecule has 0 aliphatic carbocycles. The summed E-state index contributed by atoms with van der Waals surface area (Å²) in [5.41, 5.74) is 10.7. The van der Waals surface area contributed by atoms with Gasteiger partial charge in [-0.3, -0.25) is 0 Å². The largest absolute Gasteiger partial charge is 0.308 e. The minimum Gasteiger partial charge on any atom is -0.308 e. The number of benzene rings is 9. The second-order valence-electron chi connectivity index (χ2n) is 14.4. The van der Waals surface area contributed by atoms with Crippen LogP contribution in [0.15, 0.2) is 206 Å². The second-order valence-corrected chi connectivity index (χ2v) is 14.4. The van der Waals surface area contributed by atoms with E-state index in [1.807, 2.05) is 18.2 Å². The van der Waals surface area contributed by atoms with Crippen LogP contribution in [-0.2, 0) is 0 Å². The molecule has 0 radical (unpaired) electrons. The Morgan fingerprint density at radius 1 is 0.281 bits per heavy atom. The third-order valence-corrected chi connectivity index (χ3v) is 11.1. The monoisotopic (exact) mass is 726 g/mol. The average Bonchev–Trinajstić information content (AvgIpc) is 3.63. The highest BCUT2D eigenvalue weighted by molar-refractivity contribution is 6.10. The van der Waals surface area contributed by atoms with Gasteiger partial charge in [0.1, 0.15) is 0 Å². The zero-order valence-electron chi connectivity index (χ0n) is 30.9. The Labute approximate surface area is 330 Å². The van der Waals surface area contributed by atoms with Crippen molar-refractivity contribution < 1.29 is 0 Å². The molecule has 9 aromatic carbocycles. The molecule has 0 unspecified atom stereocenters. The lowest BCUT2D eigenvalue weighted by molar-refractivity contribution is 1.07. The van der Waals surface area contributed by atoms with Crippen LogP contribution in [-0.4, -0.2) is 19.5 Å². The molecule has 11 aromatic rings. The van der Waals surface area contributed by atoms with Crippen LogP contribution in [0.4, 0.5) is 0 Å². The van der Waals surface area contributed by atoms with E-state index in [9.17, 15) is 0 Å². The summed E-state index contributed by atoms with van der Waals surface area (Å²) in [5, 5.41) is 7.07. The summed E-state index contributed by atoms with van der Waals surface area (Å²) in [6.07, 6.45) is 0. The quantitative estimate of drug-likeness (QED) is 0.171. The zero-order valence-corrected chi connectivity index (χ0v) is 30.9. The molecule has 11 rings (SSSR count). The lowest BCUT2D eigenvalue weighted by atomic mass is 9.92. The van der Waals surface area contributed by atoms with E-state index in [2.05, 4.69) is 193 Å². The molecule has 0 spiro atoms. The molecular weight excluding hydrogens is 693 g/mol. The van der Waals surface area contributed by atoms with Gasteiger partial charge in [0, 0.05) is 27.5 Å². The number of rotatable bonds is 6. The smallest absolute Gasteiger partial charge is 0.166 e. The Hall–Kier alpha value is -7.69. The Kier molecular flexibility index (Phi) is 7.78. The molecule has 2 heterocycles. The van der Waals surface area contributed by atoms with Crippen LogP contribution in [0.2, 0.25) is 0 Å². The number of fused-ring (bicyclic) bond motifs is 5. The van der Waals surface area contributed by atoms with E-state index in [4.69, 9.17) is 15.0 Å². The second kappa shape index (κ2) is 13.6. The number of hydrogen-bond acceptors (Lipinski definition) is 3. The van der Waals surface area contributed by atoms with Gasteiger partial charge in [0.15, 0.2) is 17.5 Å². The maximum atomic E-state index is 5.40. The van der Waals surface area contributed by atoms with Gasteiger partial charge in [-0.25, -0.2) is 15.0 Å². The van der Waals surface area contributed by atoms with Crippen molar-refractivity contribution in [1.82, 2.24) is 19.5 Å². The van der Waals surface area contributed by atoms with Gasteiger partial charge in [0.2, 0.25) is 0 Å². The van der Waals surface area contributed by atoms with E-state index in [0.29, 0.717) is 17.5 Å². The van der Waals surface area contributed by atoms with Crippen molar-refractivity contribution in [3.05, 3.63) is 206 Å². The molecule has 0 N–H and O–H groups in total. The Morgan fingerprint density at radius 2 is 0.754 bits per heavy atom. The van der Waals surface area contributed by atoms with E-state index < -0.39 is 0 Å². The van der Waals surface area contributed by atoms with Crippen LogP contribution in [0, 0.1) is 0 Å². The summed E-state index contributed by atoms with van der Waals surface area (Å²) in [6, 6.07) is 72.8. The summed E-state index contributed by atoms with van der Waals surface area (Å²) >= 11 is 0. The highest BCUT2D eigenvalue weighted by Gasteiger charge is 2.21. The van der Waals surface area contributed by atoms with Gasteiger partial charge in [-0.2, -0.15) is 0 Å². The molecule has 266 valence electrons. The Balaban J connectivity index is 1.18. The van der Waals surface area contributed by atoms with Crippen LogP contribution in [0.5, 0.6) is 0 Å². The van der Waals surface area contributed by atoms with E-state index >= 15 is 0 Å². The minimum absolute atomic E-state index is 0.609. The maximum Gasteiger partial charge on any atom is 0.166 e. The number of hydrogen-bond donors (Lipinski definition) is 0. The summed E-state index contributed by atoms with van der Waals surface area (Å²) < 4.78 is 2.37. The first-order valence-corrected chi connectivity index (χ1v) is 19.3. The number of aromatic nitrogens is 4. The summed E-state index contributed by atoms with van der Waals surface area (Å²) in [5.74, 6) is 1.86. The highest BCUT2D eigenvalue weighted by atomic mass is 15.1. The molecule has 2 aromatic heterocycles. The molecule has 0 fully saturated rings. The Bertz CT molecular complexity index is 3230. The summed E-state index contributed by atoms with van der Waals surface area (Å²) in [7, 11) is 0. The van der Waals surface area contributed by atoms with Crippen molar-refractivity contribution >= 4 is 43.4 Å². The van der Waals surface area contributed by atoms with E-state index in [1.54, 1.807) is 0 Å². The molecule has 0 saturated heterocycles. The van der Waals surface area contributed by atoms with Gasteiger partial charge < -0.3 is 4.57 Å². The third-order valence-electron chi connectivity index (χ3n) is 11.1. The van der Waals surface area contributed by atoms with Crippen molar-refractivity contribution in [1.29, 1.82) is 0 Å². The molecule has 0 bridgehead atoms. The fourth-order valence-corrected chi connectivity index (χ4v) is 8.43. The van der Waals surface area contributed by atoms with Crippen molar-refractivity contribution in [2.24, 2.45) is 0 Å². The first kappa shape index (κ1) is 32.7. The molecule has 0 aliphatic heterocycles. The lowest BCUT2D eigenvalue weighted by Gasteiger charge is -2.17. The van der Waals surface area contributed by atoms with Crippen molar-refractivity contribution in [2.75, 3.05) is 0 Å². The maximum absolute atomic E-state index is 5.40. The van der Waals surface area contributed by atoms with Crippen LogP contribution >= 0.6 is 0 Å². The summed E-state index contributed by atoms with van der Waals surface area (Å²) in [4.78, 5) is 15.9. The van der Waals surface area contributed by atoms with Gasteiger partial charge in [0.25, 0.3) is 0 Å². The average molecular weight is 727 g/mol. The first-order chi connectivity index (χ1) is 28.3. The standard InChI is InChI=1S/C53H34N4/c1-3-16-35(17-4-1)38-32-33-47(50(34-38)57-48-30-11-9-23-44(48)45-24-10-12-31-49(45)57)53-55-51(37-19-5-2-6-20-37)54-52(56-53)46-29-15-27-42-41(26-14-28-43(42)46)40-25-13-21-36-18-7-8-22-39(36)40/h1-34H. The van der Waals surface area contributed by atoms with Gasteiger partial charge in [-0.05, 0) is 68.1 Å². The fraction of sp³-hybridized carbons (Fsp3) is 0. The predicted octanol–water partition coefficient (Wildman–Crippen LogP) is 13.6. The molecule has 0 atom stereocenters. The van der Waals surface area contributed by atoms with Crippen molar-refractivity contribution in [3.63, 3.8) is 0 Å². The van der Waals surface area contributed by atoms with Crippen LogP contribution in [0.25, 0.3) is 105 Å². The molecule has 0 saturated carbocycles. The first-order valence-electron chi connectivity index (χ1n) is 19.3. The van der Waals surface area contributed by atoms with Crippen LogP contribution in [0.1, 0.15) is 0 Å². The molecule has 4 heteroatoms. The van der Waals surface area contributed by atoms with Gasteiger partial charge in [-0.1, -0.05) is 182 Å². The van der Waals surface area contributed by atoms with Gasteiger partial charge in [0.05, 0.1) is 16.7 Å². The SMILES string of the molecule is c1ccc(-c2ccc(-c3nc(-c4ccccc4)nc(-c4cccc5c(-c6cccc7ccccc67)cccc45)n3)c(-n3c4ccccc4c4ccccc43)c2)cc1.